The van der Waals surface area contributed by atoms with Crippen LogP contribution < -0.4 is 15.8 Å². The summed E-state index contributed by atoms with van der Waals surface area (Å²) in [5.41, 5.74) is 5.16. The van der Waals surface area contributed by atoms with Gasteiger partial charge in [0.2, 0.25) is 5.91 Å². The molecular weight excluding hydrogens is 357 g/mol. The quantitative estimate of drug-likeness (QED) is 0.258. The number of carboxylic acid groups (broad SMARTS) is 1. The molecule has 27 heavy (non-hydrogen) atoms. The number of hydrogen-bond donors (Lipinski definition) is 6. The number of nitrogens with zero attached hydrogens (tertiary/aromatic N) is 1. The van der Waals surface area contributed by atoms with E-state index in [4.69, 9.17) is 20.5 Å². The van der Waals surface area contributed by atoms with Crippen molar-refractivity contribution in [3.63, 3.8) is 0 Å². The number of hydrogen-bond acceptors (Lipinski definition) is 8. The second-order valence-electron chi connectivity index (χ2n) is 6.32. The lowest BCUT2D eigenvalue weighted by molar-refractivity contribution is -0.119. The zero-order valence-corrected chi connectivity index (χ0v) is 14.8. The smallest absolute Gasteiger partial charge is 0.451 e. The molecule has 0 aromatic heterocycles. The highest BCUT2D eigenvalue weighted by molar-refractivity contribution is 6.41. The van der Waals surface area contributed by atoms with Crippen LogP contribution in [0.15, 0.2) is 12.1 Å². The Morgan fingerprint density at radius 3 is 2.63 bits per heavy atom. The molecule has 0 saturated carbocycles. The Balaban J connectivity index is 1.92. The topological polar surface area (TPSA) is 166 Å². The predicted molar refractivity (Wildman–Crippen MR) is 96.7 cm³/mol. The van der Waals surface area contributed by atoms with Crippen LogP contribution in [-0.2, 0) is 11.2 Å². The van der Waals surface area contributed by atoms with Crippen LogP contribution in [0.4, 0.5) is 0 Å². The molecule has 1 heterocycles. The minimum Gasteiger partial charge on any atom is -0.507 e. The summed E-state index contributed by atoms with van der Waals surface area (Å²) < 4.78 is 5.69. The Hall–Kier alpha value is -2.34. The highest BCUT2D eigenvalue weighted by atomic mass is 16.5. The number of ether oxygens (including phenoxy) is 1. The lowest BCUT2D eigenvalue weighted by atomic mass is 9.82. The van der Waals surface area contributed by atoms with Gasteiger partial charge in [-0.3, -0.25) is 9.69 Å². The number of carboxylic acids is 1. The van der Waals surface area contributed by atoms with Gasteiger partial charge in [-0.1, -0.05) is 6.07 Å². The average Bonchev–Trinajstić information content (AvgIpc) is 2.57. The first kappa shape index (κ1) is 21.0. The average molecular weight is 381 g/mol. The summed E-state index contributed by atoms with van der Waals surface area (Å²) in [6, 6.07) is 2.98. The van der Waals surface area contributed by atoms with Crippen molar-refractivity contribution in [3.05, 3.63) is 23.3 Å². The van der Waals surface area contributed by atoms with Crippen molar-refractivity contribution in [2.75, 3.05) is 32.7 Å². The fourth-order valence-electron chi connectivity index (χ4n) is 2.79. The summed E-state index contributed by atoms with van der Waals surface area (Å²) in [4.78, 5) is 24.6. The molecule has 10 nitrogen and oxygen atoms in total. The van der Waals surface area contributed by atoms with Gasteiger partial charge in [-0.2, -0.15) is 0 Å². The molecule has 1 aliphatic heterocycles. The van der Waals surface area contributed by atoms with Crippen LogP contribution >= 0.6 is 0 Å². The molecule has 1 aromatic rings. The van der Waals surface area contributed by atoms with Gasteiger partial charge >= 0.3 is 13.1 Å². The summed E-state index contributed by atoms with van der Waals surface area (Å²) in [6.07, 6.45) is -0.126. The highest BCUT2D eigenvalue weighted by Crippen LogP contribution is 2.33. The van der Waals surface area contributed by atoms with Crippen LogP contribution in [0, 0.1) is 0 Å². The molecule has 1 aromatic carbocycles. The third-order valence-corrected chi connectivity index (χ3v) is 4.26. The number of aromatic carboxylic acids is 1. The molecule has 1 fully saturated rings. The van der Waals surface area contributed by atoms with E-state index in [2.05, 4.69) is 5.32 Å². The lowest BCUT2D eigenvalue weighted by Gasteiger charge is -2.39. The molecule has 1 aliphatic rings. The Morgan fingerprint density at radius 2 is 2.04 bits per heavy atom. The van der Waals surface area contributed by atoms with E-state index in [1.165, 1.54) is 12.1 Å². The molecule has 11 heteroatoms. The fraction of sp³-hybridized carbons (Fsp3) is 0.500. The molecule has 0 bridgehead atoms. The van der Waals surface area contributed by atoms with Gasteiger partial charge in [0, 0.05) is 26.2 Å². The molecule has 0 unspecified atom stereocenters. The van der Waals surface area contributed by atoms with Crippen molar-refractivity contribution in [3.8, 4) is 11.5 Å². The molecule has 1 amide bonds. The monoisotopic (exact) mass is 381 g/mol. The molecule has 0 spiro atoms. The second-order valence-corrected chi connectivity index (χ2v) is 6.32. The number of amides is 1. The van der Waals surface area contributed by atoms with Crippen LogP contribution in [-0.4, -0.2) is 83.0 Å². The second kappa shape index (κ2) is 9.56. The molecule has 0 atom stereocenters. The van der Waals surface area contributed by atoms with Gasteiger partial charge in [0.1, 0.15) is 23.2 Å². The number of carbonyl (C=O) groups is 2. The molecular formula is C16H24BN3O7. The lowest BCUT2D eigenvalue weighted by Crippen LogP contribution is -2.55. The molecule has 7 N–H and O–H groups in total. The third-order valence-electron chi connectivity index (χ3n) is 4.26. The predicted octanol–water partition coefficient (Wildman–Crippen LogP) is -1.76. The zero-order chi connectivity index (χ0) is 20.0. The van der Waals surface area contributed by atoms with Gasteiger partial charge in [-0.15, -0.1) is 0 Å². The number of likely N-dealkylation sites (tertiary alicyclic amines) is 1. The SMILES string of the molecule is NCC(=O)NCCN1CC(Oc2ccc(CCB(O)O)c(O)c2C(=O)O)C1. The number of rotatable bonds is 10. The Bertz CT molecular complexity index is 680. The molecule has 0 aliphatic carbocycles. The van der Waals surface area contributed by atoms with Gasteiger partial charge in [0.15, 0.2) is 0 Å². The number of aryl methyl sites for hydroxylation is 1. The number of benzene rings is 1. The minimum absolute atomic E-state index is 0.0227. The summed E-state index contributed by atoms with van der Waals surface area (Å²) in [6.45, 7) is 2.17. The first-order valence-electron chi connectivity index (χ1n) is 8.61. The number of carbonyl (C=O) groups excluding carboxylic acids is 1. The van der Waals surface area contributed by atoms with E-state index in [9.17, 15) is 19.8 Å². The van der Waals surface area contributed by atoms with Crippen LogP contribution in [0.3, 0.4) is 0 Å². The third kappa shape index (κ3) is 5.83. The van der Waals surface area contributed by atoms with E-state index < -0.39 is 18.8 Å². The molecule has 148 valence electrons. The van der Waals surface area contributed by atoms with Gasteiger partial charge in [-0.25, -0.2) is 4.79 Å². The zero-order valence-electron chi connectivity index (χ0n) is 14.8. The Morgan fingerprint density at radius 1 is 1.33 bits per heavy atom. The van der Waals surface area contributed by atoms with E-state index in [0.717, 1.165) is 0 Å². The van der Waals surface area contributed by atoms with E-state index in [0.29, 0.717) is 31.7 Å². The number of nitrogens with one attached hydrogen (secondary N) is 1. The molecule has 2 rings (SSSR count). The van der Waals surface area contributed by atoms with Crippen LogP contribution in [0.25, 0.3) is 0 Å². The maximum absolute atomic E-state index is 11.5. The molecule has 1 saturated heterocycles. The van der Waals surface area contributed by atoms with E-state index >= 15 is 0 Å². The maximum atomic E-state index is 11.5. The van der Waals surface area contributed by atoms with Crippen molar-refractivity contribution in [2.24, 2.45) is 5.73 Å². The van der Waals surface area contributed by atoms with Crippen molar-refractivity contribution in [2.45, 2.75) is 18.8 Å². The summed E-state index contributed by atoms with van der Waals surface area (Å²) in [7, 11) is -1.54. The number of aromatic hydroxyl groups is 1. The Kier molecular flexibility index (Phi) is 7.42. The van der Waals surface area contributed by atoms with Gasteiger partial charge in [-0.05, 0) is 24.4 Å². The number of nitrogens with two attached hydrogens (primary N) is 1. The maximum Gasteiger partial charge on any atom is 0.451 e. The first-order chi connectivity index (χ1) is 12.8. The van der Waals surface area contributed by atoms with Gasteiger partial charge < -0.3 is 36.0 Å². The fourth-order valence-corrected chi connectivity index (χ4v) is 2.79. The van der Waals surface area contributed by atoms with Crippen LogP contribution in [0.5, 0.6) is 11.5 Å². The van der Waals surface area contributed by atoms with Gasteiger partial charge in [0.05, 0.1) is 6.54 Å². The largest absolute Gasteiger partial charge is 0.507 e. The summed E-state index contributed by atoms with van der Waals surface area (Å²) >= 11 is 0. The first-order valence-corrected chi connectivity index (χ1v) is 8.61. The highest BCUT2D eigenvalue weighted by Gasteiger charge is 2.30. The van der Waals surface area contributed by atoms with Crippen molar-refractivity contribution in [1.82, 2.24) is 10.2 Å². The van der Waals surface area contributed by atoms with Crippen molar-refractivity contribution < 1.29 is 34.6 Å². The van der Waals surface area contributed by atoms with Gasteiger partial charge in [0.25, 0.3) is 0 Å². The van der Waals surface area contributed by atoms with E-state index in [1.54, 1.807) is 0 Å². The van der Waals surface area contributed by atoms with Crippen LogP contribution in [0.2, 0.25) is 6.32 Å². The Labute approximate surface area is 156 Å². The van der Waals surface area contributed by atoms with Crippen LogP contribution in [0.1, 0.15) is 15.9 Å². The minimum atomic E-state index is -1.54. The van der Waals surface area contributed by atoms with E-state index in [1.807, 2.05) is 4.90 Å². The number of phenols is 1. The normalized spacial score (nSPS) is 14.5. The molecule has 0 radical (unpaired) electrons. The van der Waals surface area contributed by atoms with E-state index in [-0.39, 0.29) is 42.6 Å². The standard InChI is InChI=1S/C16H24BN3O7/c18-7-13(21)19-5-6-20-8-11(9-20)27-12-2-1-10(3-4-17(25)26)15(22)14(12)16(23)24/h1-2,11,22,25-26H,3-9,18H2,(H,19,21)(H,23,24). The summed E-state index contributed by atoms with van der Waals surface area (Å²) in [5, 5.41) is 40.1. The van der Waals surface area contributed by atoms with Crippen molar-refractivity contribution >= 4 is 19.0 Å². The summed E-state index contributed by atoms with van der Waals surface area (Å²) in [5.74, 6) is -1.91. The van der Waals surface area contributed by atoms with Crippen molar-refractivity contribution in [1.29, 1.82) is 0 Å².